The van der Waals surface area contributed by atoms with Gasteiger partial charge in [-0.1, -0.05) is 24.6 Å². The van der Waals surface area contributed by atoms with Crippen LogP contribution in [0, 0.1) is 0 Å². The molecule has 5 heteroatoms. The van der Waals surface area contributed by atoms with E-state index in [1.165, 1.54) is 4.68 Å². The summed E-state index contributed by atoms with van der Waals surface area (Å²) < 4.78 is 1.51. The van der Waals surface area contributed by atoms with Crippen LogP contribution in [-0.2, 0) is 11.2 Å². The van der Waals surface area contributed by atoms with E-state index >= 15 is 0 Å². The Labute approximate surface area is 89.0 Å². The van der Waals surface area contributed by atoms with Crippen LogP contribution in [0.25, 0.3) is 0 Å². The molecule has 1 amide bonds. The zero-order valence-electron chi connectivity index (χ0n) is 8.89. The second-order valence-electron chi connectivity index (χ2n) is 3.38. The zero-order chi connectivity index (χ0) is 11.3. The maximum atomic E-state index is 11.1. The molecule has 0 saturated carbocycles. The third kappa shape index (κ3) is 2.90. The van der Waals surface area contributed by atoms with E-state index in [2.05, 4.69) is 23.8 Å². The number of amides is 1. The zero-order valence-corrected chi connectivity index (χ0v) is 8.89. The Morgan fingerprint density at radius 2 is 2.53 bits per heavy atom. The van der Waals surface area contributed by atoms with Crippen LogP contribution in [0.1, 0.15) is 31.5 Å². The van der Waals surface area contributed by atoms with Crippen LogP contribution in [0.5, 0.6) is 0 Å². The van der Waals surface area contributed by atoms with Crippen molar-refractivity contribution in [2.75, 3.05) is 0 Å². The molecule has 0 aliphatic carbocycles. The van der Waals surface area contributed by atoms with E-state index in [0.29, 0.717) is 6.42 Å². The largest absolute Gasteiger partial charge is 0.368 e. The number of carbonyl (C=O) groups excluding carboxylic acids is 1. The summed E-state index contributed by atoms with van der Waals surface area (Å²) in [5, 5.41) is 7.86. The van der Waals surface area contributed by atoms with Gasteiger partial charge in [0.15, 0.2) is 0 Å². The van der Waals surface area contributed by atoms with Crippen molar-refractivity contribution in [2.45, 2.75) is 32.2 Å². The fraction of sp³-hybridized carbons (Fsp3) is 0.500. The van der Waals surface area contributed by atoms with Crippen molar-refractivity contribution < 1.29 is 4.79 Å². The summed E-state index contributed by atoms with van der Waals surface area (Å²) in [5.74, 6) is -0.414. The van der Waals surface area contributed by atoms with E-state index in [-0.39, 0.29) is 0 Å². The molecule has 0 aliphatic heterocycles. The van der Waals surface area contributed by atoms with Gasteiger partial charge in [-0.3, -0.25) is 4.79 Å². The van der Waals surface area contributed by atoms with Gasteiger partial charge >= 0.3 is 0 Å². The number of aryl methyl sites for hydroxylation is 1. The monoisotopic (exact) mass is 208 g/mol. The molecule has 0 saturated heterocycles. The van der Waals surface area contributed by atoms with Crippen LogP contribution >= 0.6 is 0 Å². The number of nitrogens with two attached hydrogens (primary N) is 1. The molecule has 1 heterocycles. The number of hydrogen-bond acceptors (Lipinski definition) is 3. The fourth-order valence-electron chi connectivity index (χ4n) is 1.35. The van der Waals surface area contributed by atoms with Crippen molar-refractivity contribution in [2.24, 2.45) is 5.73 Å². The highest BCUT2D eigenvalue weighted by Gasteiger charge is 2.17. The van der Waals surface area contributed by atoms with Gasteiger partial charge in [0.25, 0.3) is 0 Å². The number of aromatic nitrogens is 3. The summed E-state index contributed by atoms with van der Waals surface area (Å²) in [6, 6.07) is -0.472. The van der Waals surface area contributed by atoms with Gasteiger partial charge in [0, 0.05) is 6.20 Å². The van der Waals surface area contributed by atoms with Gasteiger partial charge in [0.05, 0.1) is 5.69 Å². The molecule has 0 aromatic carbocycles. The Bertz CT molecular complexity index is 345. The molecule has 1 aromatic rings. The highest BCUT2D eigenvalue weighted by molar-refractivity contribution is 5.78. The minimum Gasteiger partial charge on any atom is -0.368 e. The summed E-state index contributed by atoms with van der Waals surface area (Å²) in [7, 11) is 0. The normalized spacial score (nSPS) is 12.3. The van der Waals surface area contributed by atoms with Crippen LogP contribution in [0.3, 0.4) is 0 Å². The average Bonchev–Trinajstić information content (AvgIpc) is 2.62. The smallest absolute Gasteiger partial charge is 0.242 e. The van der Waals surface area contributed by atoms with E-state index in [1.54, 1.807) is 12.3 Å². The van der Waals surface area contributed by atoms with Gasteiger partial charge < -0.3 is 5.73 Å². The summed E-state index contributed by atoms with van der Waals surface area (Å²) in [5.41, 5.74) is 6.14. The molecule has 15 heavy (non-hydrogen) atoms. The minimum atomic E-state index is -0.472. The number of nitrogens with zero attached hydrogens (tertiary/aromatic N) is 3. The lowest BCUT2D eigenvalue weighted by molar-refractivity contribution is -0.121. The SMILES string of the molecule is C=CCC(C(N)=O)n1cc(CCC)nn1. The molecular formula is C10H16N4O. The topological polar surface area (TPSA) is 73.8 Å². The Hall–Kier alpha value is -1.65. The first-order valence-electron chi connectivity index (χ1n) is 5.00. The van der Waals surface area contributed by atoms with Crippen LogP contribution in [-0.4, -0.2) is 20.9 Å². The predicted molar refractivity (Wildman–Crippen MR) is 57.1 cm³/mol. The third-order valence-corrected chi connectivity index (χ3v) is 2.10. The number of hydrogen-bond donors (Lipinski definition) is 1. The molecule has 0 bridgehead atoms. The maximum absolute atomic E-state index is 11.1. The molecule has 0 spiro atoms. The van der Waals surface area contributed by atoms with Crippen LogP contribution < -0.4 is 5.73 Å². The van der Waals surface area contributed by atoms with Gasteiger partial charge in [0.1, 0.15) is 6.04 Å². The number of rotatable bonds is 6. The second-order valence-corrected chi connectivity index (χ2v) is 3.38. The van der Waals surface area contributed by atoms with E-state index in [1.807, 2.05) is 0 Å². The molecule has 0 radical (unpaired) electrons. The van der Waals surface area contributed by atoms with Crippen LogP contribution in [0.15, 0.2) is 18.9 Å². The van der Waals surface area contributed by atoms with E-state index in [9.17, 15) is 4.79 Å². The molecule has 1 aromatic heterocycles. The van der Waals surface area contributed by atoms with Crippen molar-refractivity contribution in [3.8, 4) is 0 Å². The summed E-state index contributed by atoms with van der Waals surface area (Å²) in [4.78, 5) is 11.1. The van der Waals surface area contributed by atoms with Gasteiger partial charge in [-0.05, 0) is 12.8 Å². The van der Waals surface area contributed by atoms with Crippen molar-refractivity contribution in [3.05, 3.63) is 24.5 Å². The number of carbonyl (C=O) groups is 1. The Morgan fingerprint density at radius 3 is 3.07 bits per heavy atom. The van der Waals surface area contributed by atoms with Crippen molar-refractivity contribution in [1.82, 2.24) is 15.0 Å². The minimum absolute atomic E-state index is 0.414. The Kier molecular flexibility index (Phi) is 4.03. The molecule has 0 aliphatic rings. The summed E-state index contributed by atoms with van der Waals surface area (Å²) in [6.07, 6.45) is 5.75. The number of primary amides is 1. The number of allylic oxidation sites excluding steroid dienone is 1. The average molecular weight is 208 g/mol. The first-order chi connectivity index (χ1) is 7.19. The molecule has 5 nitrogen and oxygen atoms in total. The summed E-state index contributed by atoms with van der Waals surface area (Å²) in [6.45, 7) is 5.65. The van der Waals surface area contributed by atoms with Gasteiger partial charge in [-0.15, -0.1) is 11.7 Å². The van der Waals surface area contributed by atoms with Crippen molar-refractivity contribution >= 4 is 5.91 Å². The molecule has 0 fully saturated rings. The van der Waals surface area contributed by atoms with Crippen LogP contribution in [0.4, 0.5) is 0 Å². The van der Waals surface area contributed by atoms with Gasteiger partial charge in [-0.2, -0.15) is 0 Å². The standard InChI is InChI=1S/C10H16N4O/c1-3-5-8-7-14(13-12-8)9(6-4-2)10(11)15/h4,7,9H,2-3,5-6H2,1H3,(H2,11,15). The lowest BCUT2D eigenvalue weighted by Gasteiger charge is -2.09. The third-order valence-electron chi connectivity index (χ3n) is 2.10. The van der Waals surface area contributed by atoms with Crippen LogP contribution in [0.2, 0.25) is 0 Å². The Morgan fingerprint density at radius 1 is 1.80 bits per heavy atom. The van der Waals surface area contributed by atoms with E-state index in [0.717, 1.165) is 18.5 Å². The predicted octanol–water partition coefficient (Wildman–Crippen LogP) is 0.833. The lowest BCUT2D eigenvalue weighted by atomic mass is 10.2. The van der Waals surface area contributed by atoms with Gasteiger partial charge in [-0.25, -0.2) is 4.68 Å². The highest BCUT2D eigenvalue weighted by Crippen LogP contribution is 2.10. The fourth-order valence-corrected chi connectivity index (χ4v) is 1.35. The molecular weight excluding hydrogens is 192 g/mol. The first kappa shape index (κ1) is 11.4. The molecule has 1 rings (SSSR count). The molecule has 82 valence electrons. The van der Waals surface area contributed by atoms with E-state index in [4.69, 9.17) is 5.73 Å². The lowest BCUT2D eigenvalue weighted by Crippen LogP contribution is -2.26. The second kappa shape index (κ2) is 5.29. The quantitative estimate of drug-likeness (QED) is 0.704. The van der Waals surface area contributed by atoms with Crippen molar-refractivity contribution in [1.29, 1.82) is 0 Å². The van der Waals surface area contributed by atoms with Gasteiger partial charge in [0.2, 0.25) is 5.91 Å². The molecule has 1 unspecified atom stereocenters. The molecule has 2 N–H and O–H groups in total. The van der Waals surface area contributed by atoms with Crippen molar-refractivity contribution in [3.63, 3.8) is 0 Å². The maximum Gasteiger partial charge on any atom is 0.242 e. The summed E-state index contributed by atoms with van der Waals surface area (Å²) >= 11 is 0. The molecule has 1 atom stereocenters. The first-order valence-corrected chi connectivity index (χ1v) is 5.00. The highest BCUT2D eigenvalue weighted by atomic mass is 16.1. The van der Waals surface area contributed by atoms with E-state index < -0.39 is 11.9 Å². The Balaban J connectivity index is 2.81.